The van der Waals surface area contributed by atoms with E-state index < -0.39 is 10.9 Å². The summed E-state index contributed by atoms with van der Waals surface area (Å²) >= 11 is 2.04. The number of non-ortho nitro benzene ring substituents is 1. The van der Waals surface area contributed by atoms with E-state index >= 15 is 0 Å². The Bertz CT molecular complexity index is 520. The van der Waals surface area contributed by atoms with Crippen molar-refractivity contribution in [1.29, 1.82) is 0 Å². The molecule has 7 heteroatoms. The maximum Gasteiger partial charge on any atom is 0.306 e. The van der Waals surface area contributed by atoms with Crippen molar-refractivity contribution in [3.63, 3.8) is 0 Å². The lowest BCUT2D eigenvalue weighted by Crippen LogP contribution is -2.18. The molecule has 0 bridgehead atoms. The number of hydrogen-bond acceptors (Lipinski definition) is 4. The van der Waals surface area contributed by atoms with Crippen molar-refractivity contribution in [3.8, 4) is 0 Å². The molecule has 0 heterocycles. The van der Waals surface area contributed by atoms with Gasteiger partial charge in [0.25, 0.3) is 5.69 Å². The van der Waals surface area contributed by atoms with E-state index in [0.29, 0.717) is 12.8 Å². The molecule has 2 atom stereocenters. The van der Waals surface area contributed by atoms with E-state index in [9.17, 15) is 14.9 Å². The normalized spacial score (nSPS) is 22.2. The zero-order valence-corrected chi connectivity index (χ0v) is 12.2. The zero-order valence-electron chi connectivity index (χ0n) is 10.0. The number of nitro groups is 1. The van der Waals surface area contributed by atoms with Gasteiger partial charge in [0.1, 0.15) is 0 Å². The van der Waals surface area contributed by atoms with Crippen LogP contribution in [0.25, 0.3) is 0 Å². The Labute approximate surface area is 123 Å². The number of halogens is 1. The lowest BCUT2D eigenvalue weighted by molar-refractivity contribution is -0.384. The van der Waals surface area contributed by atoms with Gasteiger partial charge in [-0.3, -0.25) is 14.9 Å². The Morgan fingerprint density at radius 2 is 2.21 bits per heavy atom. The van der Waals surface area contributed by atoms with E-state index in [0.717, 1.165) is 15.7 Å². The fraction of sp³-hybridized carbons (Fsp3) is 0.417. The van der Waals surface area contributed by atoms with Gasteiger partial charge < -0.3 is 10.4 Å². The number of nitrogens with zero attached hydrogens (tertiary/aromatic N) is 1. The van der Waals surface area contributed by atoms with Crippen LogP contribution in [0.3, 0.4) is 0 Å². The molecule has 0 amide bonds. The van der Waals surface area contributed by atoms with Gasteiger partial charge in [-0.05, 0) is 47.9 Å². The summed E-state index contributed by atoms with van der Waals surface area (Å²) in [6.07, 6.45) is 2.09. The highest BCUT2D eigenvalue weighted by Gasteiger charge is 2.29. The first-order valence-electron chi connectivity index (χ1n) is 5.90. The highest BCUT2D eigenvalue weighted by Crippen LogP contribution is 2.31. The van der Waals surface area contributed by atoms with Crippen LogP contribution in [-0.2, 0) is 4.79 Å². The third-order valence-corrected chi connectivity index (χ3v) is 4.20. The number of nitrogens with one attached hydrogen (secondary N) is 1. The molecule has 19 heavy (non-hydrogen) atoms. The molecule has 6 nitrogen and oxygen atoms in total. The second kappa shape index (κ2) is 5.72. The van der Waals surface area contributed by atoms with Gasteiger partial charge in [-0.25, -0.2) is 0 Å². The van der Waals surface area contributed by atoms with Crippen LogP contribution in [0.2, 0.25) is 0 Å². The molecule has 0 spiro atoms. The molecule has 1 aromatic carbocycles. The Balaban J connectivity index is 2.04. The summed E-state index contributed by atoms with van der Waals surface area (Å²) in [7, 11) is 0. The average molecular weight is 376 g/mol. The van der Waals surface area contributed by atoms with Crippen LogP contribution in [0.15, 0.2) is 18.2 Å². The van der Waals surface area contributed by atoms with Crippen LogP contribution < -0.4 is 5.32 Å². The van der Waals surface area contributed by atoms with Crippen molar-refractivity contribution < 1.29 is 14.8 Å². The lowest BCUT2D eigenvalue weighted by atomic mass is 10.1. The number of rotatable bonds is 4. The predicted octanol–water partition coefficient (Wildman–Crippen LogP) is 2.86. The molecule has 1 saturated carbocycles. The minimum absolute atomic E-state index is 0.0600. The minimum atomic E-state index is -0.748. The van der Waals surface area contributed by atoms with Crippen molar-refractivity contribution in [2.24, 2.45) is 5.92 Å². The molecule has 0 aliphatic heterocycles. The molecule has 0 saturated heterocycles. The molecule has 0 radical (unpaired) electrons. The Hall–Kier alpha value is -1.38. The van der Waals surface area contributed by atoms with E-state index in [2.05, 4.69) is 5.32 Å². The maximum absolute atomic E-state index is 10.9. The first kappa shape index (κ1) is 14.0. The number of carboxylic acid groups (broad SMARTS) is 1. The number of carbonyl (C=O) groups is 1. The standard InChI is InChI=1S/C12H13IN2O4/c13-10-6-9(15(18)19)3-4-11(10)14-8-2-1-7(5-8)12(16)17/h3-4,6-8,14H,1-2,5H2,(H,16,17)/t7-,8+/m1/s1. The van der Waals surface area contributed by atoms with Crippen LogP contribution in [0.4, 0.5) is 11.4 Å². The van der Waals surface area contributed by atoms with E-state index in [-0.39, 0.29) is 17.6 Å². The molecular formula is C12H13IN2O4. The highest BCUT2D eigenvalue weighted by atomic mass is 127. The highest BCUT2D eigenvalue weighted by molar-refractivity contribution is 14.1. The third kappa shape index (κ3) is 3.34. The van der Waals surface area contributed by atoms with Crippen LogP contribution >= 0.6 is 22.6 Å². The number of hydrogen-bond donors (Lipinski definition) is 2. The predicted molar refractivity (Wildman–Crippen MR) is 78.2 cm³/mol. The van der Waals surface area contributed by atoms with Crippen molar-refractivity contribution in [3.05, 3.63) is 31.9 Å². The first-order valence-corrected chi connectivity index (χ1v) is 6.98. The second-order valence-electron chi connectivity index (χ2n) is 4.61. The monoisotopic (exact) mass is 376 g/mol. The summed E-state index contributed by atoms with van der Waals surface area (Å²) < 4.78 is 0.769. The zero-order chi connectivity index (χ0) is 14.0. The van der Waals surface area contributed by atoms with Gasteiger partial charge in [-0.1, -0.05) is 0 Å². The summed E-state index contributed by atoms with van der Waals surface area (Å²) in [5.41, 5.74) is 0.882. The smallest absolute Gasteiger partial charge is 0.306 e. The van der Waals surface area contributed by atoms with E-state index in [1.54, 1.807) is 6.07 Å². The van der Waals surface area contributed by atoms with Crippen molar-refractivity contribution in [2.45, 2.75) is 25.3 Å². The summed E-state index contributed by atoms with van der Waals surface area (Å²) in [5.74, 6) is -1.03. The van der Waals surface area contributed by atoms with Crippen LogP contribution in [-0.4, -0.2) is 22.0 Å². The molecule has 1 fully saturated rings. The number of anilines is 1. The van der Waals surface area contributed by atoms with Gasteiger partial charge >= 0.3 is 5.97 Å². The largest absolute Gasteiger partial charge is 0.481 e. The Morgan fingerprint density at radius 1 is 1.47 bits per heavy atom. The lowest BCUT2D eigenvalue weighted by Gasteiger charge is -2.15. The number of benzene rings is 1. The Kier molecular flexibility index (Phi) is 4.23. The van der Waals surface area contributed by atoms with Crippen LogP contribution in [0.1, 0.15) is 19.3 Å². The molecule has 102 valence electrons. The molecule has 1 aromatic rings. The maximum atomic E-state index is 10.9. The van der Waals surface area contributed by atoms with Gasteiger partial charge in [0.05, 0.1) is 10.8 Å². The van der Waals surface area contributed by atoms with Crippen molar-refractivity contribution in [1.82, 2.24) is 0 Å². The fourth-order valence-electron chi connectivity index (χ4n) is 2.29. The second-order valence-corrected chi connectivity index (χ2v) is 5.77. The SMILES string of the molecule is O=C(O)[C@@H]1CC[C@H](Nc2ccc([N+](=O)[O-])cc2I)C1. The Morgan fingerprint density at radius 3 is 2.74 bits per heavy atom. The van der Waals surface area contributed by atoms with Gasteiger partial charge in [0.2, 0.25) is 0 Å². The molecule has 0 unspecified atom stereocenters. The van der Waals surface area contributed by atoms with Gasteiger partial charge in [-0.15, -0.1) is 0 Å². The number of nitro benzene ring substituents is 1. The quantitative estimate of drug-likeness (QED) is 0.479. The van der Waals surface area contributed by atoms with E-state index in [4.69, 9.17) is 5.11 Å². The summed E-state index contributed by atoms with van der Waals surface area (Å²) in [6, 6.07) is 4.75. The molecular weight excluding hydrogens is 363 g/mol. The number of aliphatic carboxylic acids is 1. The van der Waals surface area contributed by atoms with E-state index in [1.807, 2.05) is 22.6 Å². The summed E-state index contributed by atoms with van der Waals surface area (Å²) in [6.45, 7) is 0. The molecule has 2 N–H and O–H groups in total. The van der Waals surface area contributed by atoms with Crippen LogP contribution in [0.5, 0.6) is 0 Å². The van der Waals surface area contributed by atoms with Crippen molar-refractivity contribution in [2.75, 3.05) is 5.32 Å². The van der Waals surface area contributed by atoms with Crippen molar-refractivity contribution >= 4 is 39.9 Å². The average Bonchev–Trinajstić information content (AvgIpc) is 2.80. The topological polar surface area (TPSA) is 92.5 Å². The van der Waals surface area contributed by atoms with Gasteiger partial charge in [0.15, 0.2) is 0 Å². The van der Waals surface area contributed by atoms with Gasteiger partial charge in [0, 0.05) is 27.4 Å². The third-order valence-electron chi connectivity index (χ3n) is 3.30. The molecule has 0 aromatic heterocycles. The number of carboxylic acids is 1. The fourth-order valence-corrected chi connectivity index (χ4v) is 2.95. The first-order chi connectivity index (χ1) is 8.97. The van der Waals surface area contributed by atoms with E-state index in [1.165, 1.54) is 12.1 Å². The molecule has 1 aliphatic carbocycles. The molecule has 2 rings (SSSR count). The van der Waals surface area contributed by atoms with Crippen LogP contribution in [0, 0.1) is 19.6 Å². The summed E-state index contributed by atoms with van der Waals surface area (Å²) in [5, 5.41) is 22.9. The minimum Gasteiger partial charge on any atom is -0.481 e. The van der Waals surface area contributed by atoms with Gasteiger partial charge in [-0.2, -0.15) is 0 Å². The molecule has 1 aliphatic rings. The summed E-state index contributed by atoms with van der Waals surface area (Å²) in [4.78, 5) is 21.1.